The molecule has 25 heavy (non-hydrogen) atoms. The van der Waals surface area contributed by atoms with Crippen molar-refractivity contribution < 1.29 is 19.6 Å². The molecule has 2 aromatic rings. The molecule has 0 radical (unpaired) electrons. The summed E-state index contributed by atoms with van der Waals surface area (Å²) in [5.41, 5.74) is 0.933. The highest BCUT2D eigenvalue weighted by Crippen LogP contribution is 2.05. The van der Waals surface area contributed by atoms with Crippen molar-refractivity contribution in [3.8, 4) is 0 Å². The molecule has 2 atom stereocenters. The van der Waals surface area contributed by atoms with Gasteiger partial charge in [0.15, 0.2) is 0 Å². The molecule has 0 unspecified atom stereocenters. The fourth-order valence-corrected chi connectivity index (χ4v) is 2.11. The van der Waals surface area contributed by atoms with E-state index in [-0.39, 0.29) is 12.1 Å². The van der Waals surface area contributed by atoms with Crippen molar-refractivity contribution in [1.82, 2.24) is 20.6 Å². The van der Waals surface area contributed by atoms with Gasteiger partial charge in [-0.3, -0.25) is 14.6 Å². The molecule has 0 aliphatic carbocycles. The molecule has 130 valence electrons. The Kier molecular flexibility index (Phi) is 6.61. The molecule has 4 N–H and O–H groups in total. The lowest BCUT2D eigenvalue weighted by molar-refractivity contribution is -0.123. The molecule has 1 heterocycles. The number of hydrogen-bond acceptors (Lipinski definition) is 6. The minimum absolute atomic E-state index is 0.0867. The molecule has 0 saturated heterocycles. The molecular weight excluding hydrogens is 323 g/mol. The number of hydrogen-bond donors (Lipinski definition) is 4. The van der Waals surface area contributed by atoms with Gasteiger partial charge in [-0.1, -0.05) is 30.3 Å². The smallest absolute Gasteiger partial charge is 0.426 e. The number of benzene rings is 1. The zero-order valence-electron chi connectivity index (χ0n) is 13.7. The summed E-state index contributed by atoms with van der Waals surface area (Å²) >= 11 is 0. The number of aromatic nitrogens is 2. The molecule has 0 fully saturated rings. The Morgan fingerprint density at radius 3 is 2.48 bits per heavy atom. The highest BCUT2D eigenvalue weighted by molar-refractivity contribution is 6.43. The van der Waals surface area contributed by atoms with Gasteiger partial charge >= 0.3 is 7.12 Å². The van der Waals surface area contributed by atoms with Gasteiger partial charge in [-0.05, 0) is 12.5 Å². The molecule has 1 aromatic heterocycles. The summed E-state index contributed by atoms with van der Waals surface area (Å²) in [4.78, 5) is 32.4. The van der Waals surface area contributed by atoms with Crippen molar-refractivity contribution in [2.24, 2.45) is 0 Å². The molecule has 1 aromatic carbocycles. The van der Waals surface area contributed by atoms with Crippen LogP contribution in [0.25, 0.3) is 0 Å². The Labute approximate surface area is 145 Å². The SMILES string of the molecule is C[C@H](NC(=O)[C@H](Cc1ccccc1)NC(=O)c1cnccn1)B(O)O. The third kappa shape index (κ3) is 5.66. The number of nitrogens with one attached hydrogen (secondary N) is 2. The molecule has 0 aliphatic rings. The number of carbonyl (C=O) groups is 2. The fourth-order valence-electron chi connectivity index (χ4n) is 2.11. The first kappa shape index (κ1) is 18.6. The Balaban J connectivity index is 2.13. The number of nitrogens with zero attached hydrogens (tertiary/aromatic N) is 2. The highest BCUT2D eigenvalue weighted by atomic mass is 16.4. The summed E-state index contributed by atoms with van der Waals surface area (Å²) in [7, 11) is -1.70. The average Bonchev–Trinajstić information content (AvgIpc) is 2.62. The Morgan fingerprint density at radius 2 is 1.88 bits per heavy atom. The van der Waals surface area contributed by atoms with Crippen LogP contribution in [0, 0.1) is 0 Å². The molecular formula is C16H19BN4O4. The van der Waals surface area contributed by atoms with E-state index in [9.17, 15) is 9.59 Å². The first-order valence-electron chi connectivity index (χ1n) is 7.74. The Morgan fingerprint density at radius 1 is 1.16 bits per heavy atom. The predicted molar refractivity (Wildman–Crippen MR) is 91.2 cm³/mol. The van der Waals surface area contributed by atoms with E-state index in [0.717, 1.165) is 5.56 Å². The van der Waals surface area contributed by atoms with Gasteiger partial charge in [-0.25, -0.2) is 4.98 Å². The second-order valence-corrected chi connectivity index (χ2v) is 5.52. The summed E-state index contributed by atoms with van der Waals surface area (Å²) in [5.74, 6) is -1.94. The van der Waals surface area contributed by atoms with Gasteiger partial charge in [0, 0.05) is 18.8 Å². The van der Waals surface area contributed by atoms with E-state index in [1.165, 1.54) is 25.5 Å². The van der Waals surface area contributed by atoms with Crippen LogP contribution in [0.1, 0.15) is 23.0 Å². The minimum atomic E-state index is -1.70. The van der Waals surface area contributed by atoms with E-state index >= 15 is 0 Å². The van der Waals surface area contributed by atoms with Crippen molar-refractivity contribution in [2.45, 2.75) is 25.3 Å². The van der Waals surface area contributed by atoms with Crippen LogP contribution in [0.3, 0.4) is 0 Å². The van der Waals surface area contributed by atoms with E-state index in [1.807, 2.05) is 30.3 Å². The normalized spacial score (nSPS) is 12.8. The summed E-state index contributed by atoms with van der Waals surface area (Å²) in [6.45, 7) is 1.45. The third-order valence-corrected chi connectivity index (χ3v) is 3.52. The van der Waals surface area contributed by atoms with Gasteiger partial charge in [0.1, 0.15) is 11.7 Å². The Hall–Kier alpha value is -2.78. The van der Waals surface area contributed by atoms with Gasteiger partial charge < -0.3 is 20.7 Å². The lowest BCUT2D eigenvalue weighted by Crippen LogP contribution is -2.53. The molecule has 9 heteroatoms. The quantitative estimate of drug-likeness (QED) is 0.495. The summed E-state index contributed by atoms with van der Waals surface area (Å²) in [6.07, 6.45) is 4.36. The van der Waals surface area contributed by atoms with Gasteiger partial charge in [-0.15, -0.1) is 0 Å². The zero-order chi connectivity index (χ0) is 18.2. The molecule has 0 saturated carbocycles. The van der Waals surface area contributed by atoms with Crippen molar-refractivity contribution in [3.05, 3.63) is 60.2 Å². The van der Waals surface area contributed by atoms with Gasteiger partial charge in [-0.2, -0.15) is 0 Å². The van der Waals surface area contributed by atoms with Gasteiger partial charge in [0.2, 0.25) is 5.91 Å². The van der Waals surface area contributed by atoms with Crippen molar-refractivity contribution >= 4 is 18.9 Å². The number of carbonyl (C=O) groups excluding carboxylic acids is 2. The molecule has 2 rings (SSSR count). The number of rotatable bonds is 7. The van der Waals surface area contributed by atoms with Crippen LogP contribution in [-0.4, -0.2) is 50.9 Å². The molecule has 0 spiro atoms. The van der Waals surface area contributed by atoms with Crippen molar-refractivity contribution in [1.29, 1.82) is 0 Å². The lowest BCUT2D eigenvalue weighted by atomic mass is 9.81. The Bertz CT molecular complexity index is 700. The van der Waals surface area contributed by atoms with Crippen LogP contribution in [-0.2, 0) is 11.2 Å². The van der Waals surface area contributed by atoms with Crippen LogP contribution < -0.4 is 10.6 Å². The van der Waals surface area contributed by atoms with Crippen LogP contribution in [0.2, 0.25) is 0 Å². The first-order chi connectivity index (χ1) is 12.0. The third-order valence-electron chi connectivity index (χ3n) is 3.52. The first-order valence-corrected chi connectivity index (χ1v) is 7.74. The maximum absolute atomic E-state index is 12.4. The minimum Gasteiger partial charge on any atom is -0.426 e. The van der Waals surface area contributed by atoms with Crippen LogP contribution in [0.15, 0.2) is 48.9 Å². The van der Waals surface area contributed by atoms with E-state index < -0.39 is 30.9 Å². The second-order valence-electron chi connectivity index (χ2n) is 5.52. The lowest BCUT2D eigenvalue weighted by Gasteiger charge is -2.21. The van der Waals surface area contributed by atoms with Crippen LogP contribution in [0.4, 0.5) is 0 Å². The van der Waals surface area contributed by atoms with E-state index in [0.29, 0.717) is 0 Å². The number of amides is 2. The molecule has 2 amide bonds. The molecule has 8 nitrogen and oxygen atoms in total. The molecule has 0 bridgehead atoms. The summed E-state index contributed by atoms with van der Waals surface area (Å²) in [6, 6.07) is 8.26. The summed E-state index contributed by atoms with van der Waals surface area (Å²) in [5, 5.41) is 23.3. The van der Waals surface area contributed by atoms with Crippen LogP contribution >= 0.6 is 0 Å². The van der Waals surface area contributed by atoms with Gasteiger partial charge in [0.05, 0.1) is 12.1 Å². The summed E-state index contributed by atoms with van der Waals surface area (Å²) < 4.78 is 0. The maximum atomic E-state index is 12.4. The highest BCUT2D eigenvalue weighted by Gasteiger charge is 2.27. The van der Waals surface area contributed by atoms with Gasteiger partial charge in [0.25, 0.3) is 5.91 Å². The van der Waals surface area contributed by atoms with E-state index in [1.54, 1.807) is 0 Å². The second kappa shape index (κ2) is 8.90. The maximum Gasteiger partial charge on any atom is 0.475 e. The van der Waals surface area contributed by atoms with E-state index in [4.69, 9.17) is 10.0 Å². The molecule has 0 aliphatic heterocycles. The standard InChI is InChI=1S/C16H19BN4O4/c1-11(17(24)25)20-15(22)13(9-12-5-3-2-4-6-12)21-16(23)14-10-18-7-8-19-14/h2-8,10-11,13,24-25H,9H2,1H3,(H,20,22)(H,21,23)/t11-,13-/m0/s1. The average molecular weight is 342 g/mol. The van der Waals surface area contributed by atoms with Crippen molar-refractivity contribution in [3.63, 3.8) is 0 Å². The van der Waals surface area contributed by atoms with Crippen molar-refractivity contribution in [2.75, 3.05) is 0 Å². The van der Waals surface area contributed by atoms with E-state index in [2.05, 4.69) is 20.6 Å². The zero-order valence-corrected chi connectivity index (χ0v) is 13.7. The monoisotopic (exact) mass is 342 g/mol. The fraction of sp³-hybridized carbons (Fsp3) is 0.250. The largest absolute Gasteiger partial charge is 0.475 e. The van der Waals surface area contributed by atoms with Crippen LogP contribution in [0.5, 0.6) is 0 Å². The predicted octanol–water partition coefficient (Wildman–Crippen LogP) is -0.666. The topological polar surface area (TPSA) is 124 Å².